The molecule has 23 heavy (non-hydrogen) atoms. The van der Waals surface area contributed by atoms with Crippen LogP contribution in [0.3, 0.4) is 0 Å². The number of rotatable bonds is 6. The van der Waals surface area contributed by atoms with Gasteiger partial charge in [-0.05, 0) is 18.6 Å². The van der Waals surface area contributed by atoms with Gasteiger partial charge in [0, 0.05) is 20.0 Å². The first kappa shape index (κ1) is 16.5. The van der Waals surface area contributed by atoms with Crippen LogP contribution in [-0.2, 0) is 9.53 Å². The van der Waals surface area contributed by atoms with E-state index in [0.717, 1.165) is 5.56 Å². The summed E-state index contributed by atoms with van der Waals surface area (Å²) >= 11 is 0. The molecule has 122 valence electrons. The molecule has 1 aromatic carbocycles. The SMILES string of the molecule is COC(=O)N(C)CCCC(=O)Nc1ccccc1-c1ncco1. The number of carbonyl (C=O) groups excluding carboxylic acids is 2. The van der Waals surface area contributed by atoms with Gasteiger partial charge in [-0.1, -0.05) is 12.1 Å². The molecule has 0 aliphatic heterocycles. The minimum absolute atomic E-state index is 0.137. The van der Waals surface area contributed by atoms with Gasteiger partial charge in [0.15, 0.2) is 0 Å². The molecule has 7 nitrogen and oxygen atoms in total. The topological polar surface area (TPSA) is 84.7 Å². The predicted octanol–water partition coefficient (Wildman–Crippen LogP) is 2.76. The molecule has 1 N–H and O–H groups in total. The van der Waals surface area contributed by atoms with Crippen LogP contribution in [0.5, 0.6) is 0 Å². The monoisotopic (exact) mass is 317 g/mol. The lowest BCUT2D eigenvalue weighted by Crippen LogP contribution is -2.28. The molecular formula is C16H19N3O4. The van der Waals surface area contributed by atoms with E-state index in [-0.39, 0.29) is 5.91 Å². The summed E-state index contributed by atoms with van der Waals surface area (Å²) in [6, 6.07) is 7.29. The first-order chi connectivity index (χ1) is 11.1. The van der Waals surface area contributed by atoms with E-state index in [9.17, 15) is 9.59 Å². The summed E-state index contributed by atoms with van der Waals surface area (Å²) in [6.45, 7) is 0.446. The quantitative estimate of drug-likeness (QED) is 0.885. The number of para-hydroxylation sites is 1. The second-order valence-corrected chi connectivity index (χ2v) is 4.93. The third kappa shape index (κ3) is 4.57. The molecule has 0 saturated heterocycles. The Morgan fingerprint density at radius 1 is 1.35 bits per heavy atom. The lowest BCUT2D eigenvalue weighted by Gasteiger charge is -2.15. The fourth-order valence-corrected chi connectivity index (χ4v) is 2.07. The van der Waals surface area contributed by atoms with Crippen molar-refractivity contribution in [1.29, 1.82) is 0 Å². The number of methoxy groups -OCH3 is 1. The predicted molar refractivity (Wildman–Crippen MR) is 84.8 cm³/mol. The fraction of sp³-hybridized carbons (Fsp3) is 0.312. The van der Waals surface area contributed by atoms with Crippen LogP contribution in [0.2, 0.25) is 0 Å². The Balaban J connectivity index is 1.90. The third-order valence-corrected chi connectivity index (χ3v) is 3.25. The van der Waals surface area contributed by atoms with E-state index in [4.69, 9.17) is 4.42 Å². The Morgan fingerprint density at radius 2 is 2.13 bits per heavy atom. The van der Waals surface area contributed by atoms with Gasteiger partial charge in [-0.15, -0.1) is 0 Å². The normalized spacial score (nSPS) is 10.2. The van der Waals surface area contributed by atoms with Crippen molar-refractivity contribution in [3.63, 3.8) is 0 Å². The van der Waals surface area contributed by atoms with Crippen molar-refractivity contribution in [3.05, 3.63) is 36.7 Å². The first-order valence-electron chi connectivity index (χ1n) is 7.19. The summed E-state index contributed by atoms with van der Waals surface area (Å²) in [5.74, 6) is 0.314. The van der Waals surface area contributed by atoms with E-state index in [2.05, 4.69) is 15.0 Å². The van der Waals surface area contributed by atoms with Gasteiger partial charge in [0.1, 0.15) is 6.26 Å². The number of hydrogen-bond donors (Lipinski definition) is 1. The van der Waals surface area contributed by atoms with E-state index >= 15 is 0 Å². The molecule has 0 radical (unpaired) electrons. The van der Waals surface area contributed by atoms with E-state index in [1.54, 1.807) is 19.3 Å². The highest BCUT2D eigenvalue weighted by atomic mass is 16.5. The number of nitrogens with one attached hydrogen (secondary N) is 1. The van der Waals surface area contributed by atoms with Crippen molar-refractivity contribution < 1.29 is 18.7 Å². The van der Waals surface area contributed by atoms with Crippen LogP contribution in [-0.4, -0.2) is 42.6 Å². The molecule has 0 bridgehead atoms. The van der Waals surface area contributed by atoms with Crippen molar-refractivity contribution >= 4 is 17.7 Å². The molecule has 0 spiro atoms. The van der Waals surface area contributed by atoms with Crippen molar-refractivity contribution in [2.45, 2.75) is 12.8 Å². The standard InChI is InChI=1S/C16H19N3O4/c1-19(16(21)22-2)10-5-8-14(20)18-13-7-4-3-6-12(13)15-17-9-11-23-15/h3-4,6-7,9,11H,5,8,10H2,1-2H3,(H,18,20). The van der Waals surface area contributed by atoms with Gasteiger partial charge < -0.3 is 19.4 Å². The van der Waals surface area contributed by atoms with Crippen LogP contribution in [0.1, 0.15) is 12.8 Å². The Bertz CT molecular complexity index is 655. The number of nitrogens with zero attached hydrogens (tertiary/aromatic N) is 2. The minimum Gasteiger partial charge on any atom is -0.453 e. The summed E-state index contributed by atoms with van der Waals surface area (Å²) in [7, 11) is 2.95. The molecule has 2 aromatic rings. The lowest BCUT2D eigenvalue weighted by atomic mass is 10.1. The molecular weight excluding hydrogens is 298 g/mol. The van der Waals surface area contributed by atoms with Crippen LogP contribution >= 0.6 is 0 Å². The molecule has 0 atom stereocenters. The minimum atomic E-state index is -0.417. The highest BCUT2D eigenvalue weighted by molar-refractivity contribution is 5.94. The van der Waals surface area contributed by atoms with Gasteiger partial charge in [-0.25, -0.2) is 9.78 Å². The maximum absolute atomic E-state index is 12.1. The number of anilines is 1. The Morgan fingerprint density at radius 3 is 2.83 bits per heavy atom. The van der Waals surface area contributed by atoms with E-state index in [0.29, 0.717) is 31.0 Å². The second kappa shape index (κ2) is 7.98. The van der Waals surface area contributed by atoms with Crippen molar-refractivity contribution in [2.24, 2.45) is 0 Å². The fourth-order valence-electron chi connectivity index (χ4n) is 2.07. The Kier molecular flexibility index (Phi) is 5.74. The summed E-state index contributed by atoms with van der Waals surface area (Å²) in [5, 5.41) is 2.84. The van der Waals surface area contributed by atoms with E-state index < -0.39 is 6.09 Å². The maximum atomic E-state index is 12.1. The van der Waals surface area contributed by atoms with Gasteiger partial charge in [-0.3, -0.25) is 4.79 Å². The number of aromatic nitrogens is 1. The van der Waals surface area contributed by atoms with Crippen molar-refractivity contribution in [3.8, 4) is 11.5 Å². The van der Waals surface area contributed by atoms with Crippen LogP contribution in [0.4, 0.5) is 10.5 Å². The number of ether oxygens (including phenoxy) is 1. The van der Waals surface area contributed by atoms with Gasteiger partial charge in [0.25, 0.3) is 0 Å². The van der Waals surface area contributed by atoms with Gasteiger partial charge in [0.2, 0.25) is 11.8 Å². The summed E-state index contributed by atoms with van der Waals surface area (Å²) in [6.07, 6.45) is 3.45. The molecule has 2 amide bonds. The highest BCUT2D eigenvalue weighted by Gasteiger charge is 2.12. The summed E-state index contributed by atoms with van der Waals surface area (Å²) in [5.41, 5.74) is 1.36. The van der Waals surface area contributed by atoms with Crippen LogP contribution in [0, 0.1) is 0 Å². The molecule has 7 heteroatoms. The van der Waals surface area contributed by atoms with Gasteiger partial charge in [0.05, 0.1) is 24.6 Å². The van der Waals surface area contributed by atoms with Gasteiger partial charge in [-0.2, -0.15) is 0 Å². The molecule has 2 rings (SSSR count). The van der Waals surface area contributed by atoms with Crippen LogP contribution in [0.25, 0.3) is 11.5 Å². The molecule has 0 saturated carbocycles. The van der Waals surface area contributed by atoms with Gasteiger partial charge >= 0.3 is 6.09 Å². The smallest absolute Gasteiger partial charge is 0.409 e. The molecule has 0 aliphatic rings. The molecule has 0 aliphatic carbocycles. The molecule has 0 unspecified atom stereocenters. The zero-order valence-electron chi connectivity index (χ0n) is 13.1. The number of hydrogen-bond acceptors (Lipinski definition) is 5. The average molecular weight is 317 g/mol. The van der Waals surface area contributed by atoms with Crippen LogP contribution in [0.15, 0.2) is 41.1 Å². The zero-order valence-corrected chi connectivity index (χ0v) is 13.1. The maximum Gasteiger partial charge on any atom is 0.409 e. The van der Waals surface area contributed by atoms with E-state index in [1.165, 1.54) is 18.3 Å². The number of oxazole rings is 1. The average Bonchev–Trinajstić information content (AvgIpc) is 3.08. The summed E-state index contributed by atoms with van der Waals surface area (Å²) < 4.78 is 9.86. The number of carbonyl (C=O) groups is 2. The Hall–Kier alpha value is -2.83. The number of amides is 2. The lowest BCUT2D eigenvalue weighted by molar-refractivity contribution is -0.116. The van der Waals surface area contributed by atoms with Crippen molar-refractivity contribution in [2.75, 3.05) is 26.0 Å². The van der Waals surface area contributed by atoms with Crippen molar-refractivity contribution in [1.82, 2.24) is 9.88 Å². The Labute approximate surface area is 134 Å². The molecule has 1 aromatic heterocycles. The first-order valence-corrected chi connectivity index (χ1v) is 7.19. The molecule has 0 fully saturated rings. The third-order valence-electron chi connectivity index (χ3n) is 3.25. The second-order valence-electron chi connectivity index (χ2n) is 4.93. The number of benzene rings is 1. The molecule has 1 heterocycles. The van der Waals surface area contributed by atoms with E-state index in [1.807, 2.05) is 18.2 Å². The van der Waals surface area contributed by atoms with Crippen LogP contribution < -0.4 is 5.32 Å². The zero-order chi connectivity index (χ0) is 16.7. The highest BCUT2D eigenvalue weighted by Crippen LogP contribution is 2.26. The summed E-state index contributed by atoms with van der Waals surface area (Å²) in [4.78, 5) is 28.8. The largest absolute Gasteiger partial charge is 0.453 e.